The summed E-state index contributed by atoms with van der Waals surface area (Å²) < 4.78 is 43.0. The van der Waals surface area contributed by atoms with Gasteiger partial charge in [0.25, 0.3) is 0 Å². The second kappa shape index (κ2) is 15.2. The number of hydrogen-bond donors (Lipinski definition) is 0. The standard InChI is InChI=1S/C36H42N2O7S4Si/c1-23(44-49(6,41)42)31(35(40)43-32(25-16-11-9-12-17-25)26-18-13-10-14-19-26)38-22-29(34(38)39)48-47-28-21-15-20-27-30(28)37-33(46-27)24(2)45-50(7,8)36(3,4)5/h9-21,24,29,32H,22H2,1-8H3/t24-,29+/m1/s1. The smallest absolute Gasteiger partial charge is 0.359 e. The number of carbonyl (C=O) groups excluding carboxylic acids is 2. The number of carbonyl (C=O) groups is 2. The first kappa shape index (κ1) is 38.1. The Kier molecular flexibility index (Phi) is 11.6. The molecule has 2 atom stereocenters. The number of rotatable bonds is 13. The third-order valence-electron chi connectivity index (χ3n) is 8.67. The van der Waals surface area contributed by atoms with E-state index in [2.05, 4.69) is 40.8 Å². The molecule has 0 bridgehead atoms. The van der Waals surface area contributed by atoms with Crippen molar-refractivity contribution < 1.29 is 31.4 Å². The lowest BCUT2D eigenvalue weighted by Gasteiger charge is -2.38. The van der Waals surface area contributed by atoms with Crippen LogP contribution < -0.4 is 0 Å². The highest BCUT2D eigenvalue weighted by atomic mass is 33.1. The van der Waals surface area contributed by atoms with Gasteiger partial charge >= 0.3 is 16.1 Å². The first-order valence-electron chi connectivity index (χ1n) is 16.1. The predicted molar refractivity (Wildman–Crippen MR) is 205 cm³/mol. The maximum atomic E-state index is 13.9. The second-order valence-electron chi connectivity index (χ2n) is 13.6. The van der Waals surface area contributed by atoms with E-state index in [1.807, 2.05) is 78.9 Å². The number of ether oxygens (including phenoxy) is 1. The van der Waals surface area contributed by atoms with E-state index in [4.69, 9.17) is 18.3 Å². The first-order valence-corrected chi connectivity index (χ1v) is 23.8. The molecule has 0 N–H and O–H groups in total. The molecule has 1 aromatic heterocycles. The van der Waals surface area contributed by atoms with Crippen molar-refractivity contribution in [1.82, 2.24) is 9.88 Å². The average Bonchev–Trinajstić information content (AvgIpc) is 3.49. The van der Waals surface area contributed by atoms with Gasteiger partial charge in [-0.3, -0.25) is 4.79 Å². The summed E-state index contributed by atoms with van der Waals surface area (Å²) in [6, 6.07) is 24.4. The van der Waals surface area contributed by atoms with Gasteiger partial charge in [-0.2, -0.15) is 8.42 Å². The lowest BCUT2D eigenvalue weighted by molar-refractivity contribution is -0.150. The van der Waals surface area contributed by atoms with Crippen LogP contribution in [0.25, 0.3) is 10.2 Å². The molecular weight excluding hydrogens is 729 g/mol. The minimum atomic E-state index is -4.00. The van der Waals surface area contributed by atoms with E-state index in [0.717, 1.165) is 26.4 Å². The van der Waals surface area contributed by atoms with Crippen molar-refractivity contribution in [2.24, 2.45) is 0 Å². The summed E-state index contributed by atoms with van der Waals surface area (Å²) >= 11 is 1.61. The highest BCUT2D eigenvalue weighted by Gasteiger charge is 2.44. The van der Waals surface area contributed by atoms with Gasteiger partial charge in [-0.15, -0.1) is 11.3 Å². The van der Waals surface area contributed by atoms with Crippen molar-refractivity contribution >= 4 is 73.5 Å². The van der Waals surface area contributed by atoms with Gasteiger partial charge in [0, 0.05) is 11.4 Å². The van der Waals surface area contributed by atoms with Crippen LogP contribution in [0.2, 0.25) is 18.1 Å². The maximum Gasteiger partial charge on any atom is 0.359 e. The molecule has 1 aliphatic rings. The molecule has 0 unspecified atom stereocenters. The number of para-hydroxylation sites is 1. The van der Waals surface area contributed by atoms with Crippen LogP contribution in [0.1, 0.15) is 63.0 Å². The summed E-state index contributed by atoms with van der Waals surface area (Å²) in [6.45, 7) is 14.7. The summed E-state index contributed by atoms with van der Waals surface area (Å²) in [5.41, 5.74) is 2.04. The molecule has 0 saturated carbocycles. The van der Waals surface area contributed by atoms with Crippen molar-refractivity contribution in [3.05, 3.63) is 106 Å². The summed E-state index contributed by atoms with van der Waals surface area (Å²) in [4.78, 5) is 34.6. The van der Waals surface area contributed by atoms with Gasteiger partial charge < -0.3 is 18.2 Å². The number of likely N-dealkylation sites (tertiary alicyclic amines) is 1. The highest BCUT2D eigenvalue weighted by molar-refractivity contribution is 8.77. The van der Waals surface area contributed by atoms with Gasteiger partial charge in [0.05, 0.1) is 22.6 Å². The van der Waals surface area contributed by atoms with E-state index in [1.54, 1.807) is 11.3 Å². The van der Waals surface area contributed by atoms with Crippen molar-refractivity contribution in [3.8, 4) is 0 Å². The second-order valence-corrected chi connectivity index (χ2v) is 23.4. The molecule has 1 fully saturated rings. The van der Waals surface area contributed by atoms with Gasteiger partial charge in [0.1, 0.15) is 16.0 Å². The van der Waals surface area contributed by atoms with Crippen LogP contribution in [-0.2, 0) is 33.1 Å². The van der Waals surface area contributed by atoms with Crippen molar-refractivity contribution in [3.63, 3.8) is 0 Å². The van der Waals surface area contributed by atoms with Crippen molar-refractivity contribution in [2.45, 2.75) is 75.1 Å². The Balaban J connectivity index is 1.33. The number of aromatic nitrogens is 1. The van der Waals surface area contributed by atoms with Crippen molar-refractivity contribution in [1.29, 1.82) is 0 Å². The van der Waals surface area contributed by atoms with E-state index in [9.17, 15) is 18.0 Å². The summed E-state index contributed by atoms with van der Waals surface area (Å²) in [5, 5.41) is 0.487. The molecule has 266 valence electrons. The van der Waals surface area contributed by atoms with Gasteiger partial charge in [-0.1, -0.05) is 109 Å². The van der Waals surface area contributed by atoms with E-state index in [-0.39, 0.29) is 35.1 Å². The van der Waals surface area contributed by atoms with Crippen LogP contribution in [0.15, 0.2) is 95.2 Å². The normalized spacial score (nSPS) is 16.6. The van der Waals surface area contributed by atoms with Gasteiger partial charge in [0.2, 0.25) is 5.91 Å². The molecule has 1 saturated heterocycles. The molecule has 50 heavy (non-hydrogen) atoms. The molecule has 0 aliphatic carbocycles. The molecule has 9 nitrogen and oxygen atoms in total. The molecule has 3 aromatic carbocycles. The number of β-lactam (4-membered cyclic amide) rings is 1. The number of amides is 1. The number of hydrogen-bond acceptors (Lipinski definition) is 11. The quantitative estimate of drug-likeness (QED) is 0.0249. The van der Waals surface area contributed by atoms with Gasteiger partial charge in [-0.25, -0.2) is 9.78 Å². The Morgan fingerprint density at radius 3 is 2.14 bits per heavy atom. The molecule has 0 spiro atoms. The van der Waals surface area contributed by atoms with Crippen LogP contribution in [0.4, 0.5) is 0 Å². The fraction of sp³-hybridized carbons (Fsp3) is 0.361. The van der Waals surface area contributed by atoms with E-state index >= 15 is 0 Å². The predicted octanol–water partition coefficient (Wildman–Crippen LogP) is 8.87. The molecule has 1 aliphatic heterocycles. The van der Waals surface area contributed by atoms with Crippen LogP contribution in [0.3, 0.4) is 0 Å². The zero-order chi connectivity index (χ0) is 36.4. The summed E-state index contributed by atoms with van der Waals surface area (Å²) in [7, 11) is -3.18. The zero-order valence-electron chi connectivity index (χ0n) is 29.3. The van der Waals surface area contributed by atoms with Crippen LogP contribution in [0.5, 0.6) is 0 Å². The lowest BCUT2D eigenvalue weighted by atomic mass is 10.0. The number of thiazole rings is 1. The molecule has 4 aromatic rings. The maximum absolute atomic E-state index is 13.9. The Morgan fingerprint density at radius 1 is 1.00 bits per heavy atom. The lowest BCUT2D eigenvalue weighted by Crippen LogP contribution is -2.55. The molecule has 14 heteroatoms. The SMILES string of the molecule is CC(OS(C)(=O)=O)=C(C(=O)OC(c1ccccc1)c1ccccc1)N1C[C@H](SSc2cccc3sc([C@@H](C)O[Si](C)(C)C(C)(C)C)nc23)C1=O. The summed E-state index contributed by atoms with van der Waals surface area (Å²) in [5.74, 6) is -1.47. The Morgan fingerprint density at radius 2 is 1.60 bits per heavy atom. The number of esters is 1. The monoisotopic (exact) mass is 770 g/mol. The van der Waals surface area contributed by atoms with Gasteiger partial charge in [0.15, 0.2) is 20.1 Å². The number of fused-ring (bicyclic) bond motifs is 1. The fourth-order valence-corrected chi connectivity index (χ4v) is 10.6. The van der Waals surface area contributed by atoms with Crippen LogP contribution in [0, 0.1) is 0 Å². The minimum Gasteiger partial charge on any atom is -0.448 e. The minimum absolute atomic E-state index is 0.0749. The van der Waals surface area contributed by atoms with Crippen LogP contribution >= 0.6 is 32.9 Å². The summed E-state index contributed by atoms with van der Waals surface area (Å²) in [6.07, 6.45) is -0.0680. The molecule has 1 amide bonds. The fourth-order valence-electron chi connectivity index (χ4n) is 5.09. The first-order chi connectivity index (χ1) is 23.4. The average molecular weight is 771 g/mol. The van der Waals surface area contributed by atoms with Gasteiger partial charge in [-0.05, 0) is 55.2 Å². The highest BCUT2D eigenvalue weighted by Crippen LogP contribution is 2.45. The molecule has 0 radical (unpaired) electrons. The Bertz CT molecular complexity index is 1960. The molecule has 2 heterocycles. The van der Waals surface area contributed by atoms with Crippen LogP contribution in [-0.4, -0.2) is 56.5 Å². The Labute approximate surface area is 307 Å². The molecular formula is C36H42N2O7S4Si. The van der Waals surface area contributed by atoms with E-state index in [1.165, 1.54) is 33.4 Å². The number of benzene rings is 3. The third-order valence-corrected chi connectivity index (χ3v) is 17.7. The third kappa shape index (κ3) is 8.83. The Hall–Kier alpha value is -3.14. The zero-order valence-corrected chi connectivity index (χ0v) is 33.6. The van der Waals surface area contributed by atoms with E-state index < -0.39 is 35.8 Å². The van der Waals surface area contributed by atoms with Crippen molar-refractivity contribution in [2.75, 3.05) is 12.8 Å². The number of allylic oxidation sites excluding steroid dienone is 1. The topological polar surface area (TPSA) is 112 Å². The molecule has 5 rings (SSSR count). The number of nitrogens with zero attached hydrogens (tertiary/aromatic N) is 2. The van der Waals surface area contributed by atoms with E-state index in [0.29, 0.717) is 11.1 Å². The largest absolute Gasteiger partial charge is 0.448 e.